The van der Waals surface area contributed by atoms with E-state index in [-0.39, 0.29) is 41.2 Å². The minimum absolute atomic E-state index is 0.00180. The molecule has 1 aliphatic rings. The van der Waals surface area contributed by atoms with Crippen molar-refractivity contribution in [1.29, 1.82) is 0 Å². The summed E-state index contributed by atoms with van der Waals surface area (Å²) in [6.07, 6.45) is 4.07. The van der Waals surface area contributed by atoms with Crippen LogP contribution in [-0.4, -0.2) is 58.0 Å². The van der Waals surface area contributed by atoms with Crippen molar-refractivity contribution < 1.29 is 27.5 Å². The Kier molecular flexibility index (Phi) is 11.8. The average molecular weight is 735 g/mol. The Morgan fingerprint density at radius 2 is 1.50 bits per heavy atom. The molecule has 0 bridgehead atoms. The highest BCUT2D eigenvalue weighted by atomic mass is 79.9. The standard InChI is InChI=1S/C37H40BrN3O6S/c1-46-31-21-22-35(47-2)33(24-31)41(48(44,45)32-15-7-4-8-16-32)26-36(42)40(25-28-17-19-29(38)20-18-28)34(23-27-11-5-3-6-12-27)37(43)39-30-13-9-10-14-30/h3-8,11-12,15-22,24,30,34H,9-10,13-14,23,25-26H2,1-2H3,(H,39,43). The zero-order valence-electron chi connectivity index (χ0n) is 27.0. The molecule has 48 heavy (non-hydrogen) atoms. The Morgan fingerprint density at radius 3 is 2.12 bits per heavy atom. The van der Waals surface area contributed by atoms with Crippen LogP contribution in [0.15, 0.2) is 112 Å². The van der Waals surface area contributed by atoms with Crippen LogP contribution in [0.25, 0.3) is 0 Å². The van der Waals surface area contributed by atoms with Crippen LogP contribution in [0.2, 0.25) is 0 Å². The van der Waals surface area contributed by atoms with Crippen molar-refractivity contribution in [3.63, 3.8) is 0 Å². The number of sulfonamides is 1. The summed E-state index contributed by atoms with van der Waals surface area (Å²) in [6, 6.07) is 28.8. The van der Waals surface area contributed by atoms with Crippen LogP contribution < -0.4 is 19.1 Å². The number of methoxy groups -OCH3 is 2. The number of carbonyl (C=O) groups is 2. The summed E-state index contributed by atoms with van der Waals surface area (Å²) in [5.74, 6) is -0.198. The van der Waals surface area contributed by atoms with Crippen LogP contribution in [0.5, 0.6) is 11.5 Å². The Morgan fingerprint density at radius 1 is 0.854 bits per heavy atom. The number of nitrogens with one attached hydrogen (secondary N) is 1. The maximum Gasteiger partial charge on any atom is 0.264 e. The summed E-state index contributed by atoms with van der Waals surface area (Å²) in [7, 11) is -1.39. The second kappa shape index (κ2) is 16.2. The molecule has 1 fully saturated rings. The van der Waals surface area contributed by atoms with Gasteiger partial charge in [-0.1, -0.05) is 89.4 Å². The van der Waals surface area contributed by atoms with Gasteiger partial charge in [0, 0.05) is 29.5 Å². The number of hydrogen-bond acceptors (Lipinski definition) is 6. The molecule has 0 spiro atoms. The molecule has 0 aliphatic heterocycles. The number of nitrogens with zero attached hydrogens (tertiary/aromatic N) is 2. The third kappa shape index (κ3) is 8.56. The lowest BCUT2D eigenvalue weighted by molar-refractivity contribution is -0.140. The molecule has 5 rings (SSSR count). The Labute approximate surface area is 291 Å². The molecule has 2 amide bonds. The van der Waals surface area contributed by atoms with Crippen LogP contribution in [0.3, 0.4) is 0 Å². The number of ether oxygens (including phenoxy) is 2. The summed E-state index contributed by atoms with van der Waals surface area (Å²) in [4.78, 5) is 30.4. The van der Waals surface area contributed by atoms with Gasteiger partial charge in [-0.2, -0.15) is 0 Å². The van der Waals surface area contributed by atoms with Gasteiger partial charge in [0.05, 0.1) is 24.8 Å². The van der Waals surface area contributed by atoms with Crippen molar-refractivity contribution in [2.75, 3.05) is 25.1 Å². The molecule has 1 N–H and O–H groups in total. The van der Waals surface area contributed by atoms with E-state index < -0.39 is 28.5 Å². The molecule has 1 unspecified atom stereocenters. The van der Waals surface area contributed by atoms with E-state index >= 15 is 0 Å². The monoisotopic (exact) mass is 733 g/mol. The van der Waals surface area contributed by atoms with E-state index in [0.29, 0.717) is 5.75 Å². The maximum absolute atomic E-state index is 14.8. The van der Waals surface area contributed by atoms with Gasteiger partial charge in [-0.15, -0.1) is 0 Å². The van der Waals surface area contributed by atoms with E-state index in [4.69, 9.17) is 9.47 Å². The fourth-order valence-electron chi connectivity index (χ4n) is 5.93. The highest BCUT2D eigenvalue weighted by Gasteiger charge is 2.36. The van der Waals surface area contributed by atoms with Crippen LogP contribution in [0.4, 0.5) is 5.69 Å². The van der Waals surface area contributed by atoms with Crippen LogP contribution >= 0.6 is 15.9 Å². The first kappa shape index (κ1) is 35.0. The summed E-state index contributed by atoms with van der Waals surface area (Å²) in [6.45, 7) is -0.518. The second-order valence-electron chi connectivity index (χ2n) is 11.7. The zero-order chi connectivity index (χ0) is 34.1. The number of carbonyl (C=O) groups excluding carboxylic acids is 2. The van der Waals surface area contributed by atoms with Gasteiger partial charge >= 0.3 is 0 Å². The van der Waals surface area contributed by atoms with Gasteiger partial charge in [0.1, 0.15) is 24.1 Å². The first-order valence-corrected chi connectivity index (χ1v) is 18.1. The van der Waals surface area contributed by atoms with Crippen molar-refractivity contribution in [3.8, 4) is 11.5 Å². The molecule has 9 nitrogen and oxygen atoms in total. The molecule has 0 aromatic heterocycles. The van der Waals surface area contributed by atoms with E-state index in [1.807, 2.05) is 54.6 Å². The number of anilines is 1. The Bertz CT molecular complexity index is 1780. The van der Waals surface area contributed by atoms with Crippen molar-refractivity contribution >= 4 is 43.5 Å². The molecule has 4 aromatic carbocycles. The first-order valence-electron chi connectivity index (χ1n) is 15.9. The van der Waals surface area contributed by atoms with E-state index in [1.54, 1.807) is 30.3 Å². The van der Waals surface area contributed by atoms with E-state index in [1.165, 1.54) is 37.3 Å². The first-order chi connectivity index (χ1) is 23.2. The molecule has 0 heterocycles. The SMILES string of the molecule is COc1ccc(OC)c(N(CC(=O)N(Cc2ccc(Br)cc2)C(Cc2ccccc2)C(=O)NC2CCCC2)S(=O)(=O)c2ccccc2)c1. The van der Waals surface area contributed by atoms with Gasteiger partial charge in [0.2, 0.25) is 11.8 Å². The van der Waals surface area contributed by atoms with Gasteiger partial charge in [0.15, 0.2) is 0 Å². The van der Waals surface area contributed by atoms with Crippen LogP contribution in [0.1, 0.15) is 36.8 Å². The van der Waals surface area contributed by atoms with E-state index in [0.717, 1.165) is 45.6 Å². The highest BCUT2D eigenvalue weighted by Crippen LogP contribution is 2.36. The third-order valence-electron chi connectivity index (χ3n) is 8.50. The summed E-state index contributed by atoms with van der Waals surface area (Å²) in [5.41, 5.74) is 1.79. The summed E-state index contributed by atoms with van der Waals surface area (Å²) < 4.78 is 41.6. The van der Waals surface area contributed by atoms with Gasteiger partial charge in [0.25, 0.3) is 10.0 Å². The molecule has 1 atom stereocenters. The minimum atomic E-state index is -4.30. The van der Waals surface area contributed by atoms with Crippen LogP contribution in [-0.2, 0) is 32.6 Å². The molecule has 11 heteroatoms. The molecular formula is C37H40BrN3O6S. The zero-order valence-corrected chi connectivity index (χ0v) is 29.5. The number of rotatable bonds is 14. The highest BCUT2D eigenvalue weighted by molar-refractivity contribution is 9.10. The fraction of sp³-hybridized carbons (Fsp3) is 0.297. The van der Waals surface area contributed by atoms with Crippen molar-refractivity contribution in [3.05, 3.63) is 119 Å². The van der Waals surface area contributed by atoms with Gasteiger partial charge < -0.3 is 19.7 Å². The molecule has 0 radical (unpaired) electrons. The third-order valence-corrected chi connectivity index (χ3v) is 10.8. The number of halogens is 1. The van der Waals surface area contributed by atoms with Gasteiger partial charge in [-0.25, -0.2) is 8.42 Å². The van der Waals surface area contributed by atoms with Crippen LogP contribution in [0, 0.1) is 0 Å². The number of amides is 2. The molecule has 252 valence electrons. The van der Waals surface area contributed by atoms with Crippen molar-refractivity contribution in [2.24, 2.45) is 0 Å². The van der Waals surface area contributed by atoms with E-state index in [2.05, 4.69) is 21.2 Å². The number of hydrogen-bond donors (Lipinski definition) is 1. The maximum atomic E-state index is 14.8. The molecule has 1 saturated carbocycles. The van der Waals surface area contributed by atoms with E-state index in [9.17, 15) is 18.0 Å². The molecule has 0 saturated heterocycles. The molecular weight excluding hydrogens is 694 g/mol. The summed E-state index contributed by atoms with van der Waals surface area (Å²) >= 11 is 3.47. The van der Waals surface area contributed by atoms with Gasteiger partial charge in [-0.05, 0) is 60.4 Å². The molecule has 4 aromatic rings. The normalized spacial score (nSPS) is 13.8. The van der Waals surface area contributed by atoms with Gasteiger partial charge in [-0.3, -0.25) is 13.9 Å². The predicted molar refractivity (Wildman–Crippen MR) is 190 cm³/mol. The lowest BCUT2D eigenvalue weighted by Gasteiger charge is -2.34. The summed E-state index contributed by atoms with van der Waals surface area (Å²) in [5, 5.41) is 3.20. The molecule has 1 aliphatic carbocycles. The second-order valence-corrected chi connectivity index (χ2v) is 14.5. The minimum Gasteiger partial charge on any atom is -0.497 e. The Balaban J connectivity index is 1.60. The lowest BCUT2D eigenvalue weighted by Crippen LogP contribution is -2.54. The topological polar surface area (TPSA) is 105 Å². The quantitative estimate of drug-likeness (QED) is 0.162. The predicted octanol–water partition coefficient (Wildman–Crippen LogP) is 6.36. The van der Waals surface area contributed by atoms with Crippen molar-refractivity contribution in [2.45, 2.75) is 55.6 Å². The average Bonchev–Trinajstić information content (AvgIpc) is 3.63. The lowest BCUT2D eigenvalue weighted by atomic mass is 10.0. The van der Waals surface area contributed by atoms with Crippen molar-refractivity contribution in [1.82, 2.24) is 10.2 Å². The Hall–Kier alpha value is -4.35. The largest absolute Gasteiger partial charge is 0.497 e. The smallest absolute Gasteiger partial charge is 0.264 e. The number of benzene rings is 4. The fourth-order valence-corrected chi connectivity index (χ4v) is 7.63.